The standard InChI is InChI=1S/C14H14S/c1-2-7-13-10-15-14-8-4-3-6-12(14)9-11(13)5-1/h1-3,5-7H,4,8-10H2. The number of rotatable bonds is 0. The van der Waals surface area contributed by atoms with Gasteiger partial charge in [-0.2, -0.15) is 0 Å². The van der Waals surface area contributed by atoms with Crippen LogP contribution in [0.25, 0.3) is 0 Å². The van der Waals surface area contributed by atoms with Gasteiger partial charge in [0.05, 0.1) is 0 Å². The first-order valence-corrected chi connectivity index (χ1v) is 6.50. The molecule has 0 amide bonds. The predicted octanol–water partition coefficient (Wildman–Crippen LogP) is 4.08. The van der Waals surface area contributed by atoms with Gasteiger partial charge in [-0.3, -0.25) is 0 Å². The maximum atomic E-state index is 2.33. The molecule has 0 spiro atoms. The molecule has 0 aromatic heterocycles. The normalized spacial score (nSPS) is 19.5. The van der Waals surface area contributed by atoms with Crippen LogP contribution in [0.3, 0.4) is 0 Å². The predicted molar refractivity (Wildman–Crippen MR) is 66.8 cm³/mol. The summed E-state index contributed by atoms with van der Waals surface area (Å²) in [6.07, 6.45) is 8.25. The van der Waals surface area contributed by atoms with Crippen LogP contribution < -0.4 is 0 Å². The number of thioether (sulfide) groups is 1. The molecule has 0 saturated heterocycles. The molecular formula is C14H14S. The molecule has 1 aromatic carbocycles. The molecule has 1 aliphatic heterocycles. The lowest BCUT2D eigenvalue weighted by molar-refractivity contribution is 0.980. The summed E-state index contributed by atoms with van der Waals surface area (Å²) in [5.41, 5.74) is 4.59. The van der Waals surface area contributed by atoms with E-state index in [0.717, 1.165) is 12.2 Å². The van der Waals surface area contributed by atoms with Crippen LogP contribution in [0.1, 0.15) is 24.0 Å². The lowest BCUT2D eigenvalue weighted by Crippen LogP contribution is -1.94. The number of hydrogen-bond donors (Lipinski definition) is 0. The summed E-state index contributed by atoms with van der Waals surface area (Å²) < 4.78 is 0. The van der Waals surface area contributed by atoms with Gasteiger partial charge in [-0.1, -0.05) is 36.4 Å². The van der Waals surface area contributed by atoms with Crippen LogP contribution in [0.5, 0.6) is 0 Å². The van der Waals surface area contributed by atoms with Crippen LogP contribution >= 0.6 is 11.8 Å². The van der Waals surface area contributed by atoms with E-state index >= 15 is 0 Å². The second-order valence-corrected chi connectivity index (χ2v) is 5.19. The summed E-state index contributed by atoms with van der Waals surface area (Å²) in [6, 6.07) is 8.85. The topological polar surface area (TPSA) is 0 Å². The molecule has 0 bridgehead atoms. The van der Waals surface area contributed by atoms with E-state index in [1.807, 2.05) is 11.8 Å². The third-order valence-corrected chi connectivity index (χ3v) is 4.39. The summed E-state index contributed by atoms with van der Waals surface area (Å²) >= 11 is 2.04. The maximum absolute atomic E-state index is 2.33. The minimum Gasteiger partial charge on any atom is -0.125 e. The van der Waals surface area contributed by atoms with Gasteiger partial charge in [0.1, 0.15) is 0 Å². The van der Waals surface area contributed by atoms with Gasteiger partial charge in [-0.25, -0.2) is 0 Å². The quantitative estimate of drug-likeness (QED) is 0.627. The second kappa shape index (κ2) is 3.90. The Morgan fingerprint density at radius 3 is 2.87 bits per heavy atom. The summed E-state index contributed by atoms with van der Waals surface area (Å²) in [6.45, 7) is 0. The largest absolute Gasteiger partial charge is 0.125 e. The van der Waals surface area contributed by atoms with E-state index in [4.69, 9.17) is 0 Å². The molecule has 0 radical (unpaired) electrons. The number of benzene rings is 1. The highest BCUT2D eigenvalue weighted by molar-refractivity contribution is 8.02. The molecule has 2 aliphatic rings. The zero-order chi connectivity index (χ0) is 10.1. The molecule has 1 heteroatoms. The first kappa shape index (κ1) is 9.29. The fraction of sp³-hybridized carbons (Fsp3) is 0.286. The van der Waals surface area contributed by atoms with Crippen LogP contribution in [0, 0.1) is 0 Å². The molecule has 0 atom stereocenters. The minimum atomic E-state index is 1.13. The minimum absolute atomic E-state index is 1.13. The zero-order valence-electron chi connectivity index (χ0n) is 8.70. The van der Waals surface area contributed by atoms with E-state index in [-0.39, 0.29) is 0 Å². The fourth-order valence-corrected chi connectivity index (χ4v) is 3.46. The summed E-state index contributed by atoms with van der Waals surface area (Å²) in [5.74, 6) is 1.16. The highest BCUT2D eigenvalue weighted by atomic mass is 32.2. The number of fused-ring (bicyclic) bond motifs is 1. The molecule has 0 N–H and O–H groups in total. The van der Waals surface area contributed by atoms with Crippen LogP contribution in [0.15, 0.2) is 46.9 Å². The fourth-order valence-electron chi connectivity index (χ4n) is 2.26. The third-order valence-electron chi connectivity index (χ3n) is 3.12. The molecule has 3 rings (SSSR count). The Morgan fingerprint density at radius 1 is 1.07 bits per heavy atom. The molecule has 1 aliphatic carbocycles. The van der Waals surface area contributed by atoms with Crippen molar-refractivity contribution in [3.63, 3.8) is 0 Å². The second-order valence-electron chi connectivity index (χ2n) is 4.12. The average molecular weight is 214 g/mol. The van der Waals surface area contributed by atoms with Crippen molar-refractivity contribution in [2.24, 2.45) is 0 Å². The molecule has 1 aromatic rings. The molecule has 0 saturated carbocycles. The molecule has 0 nitrogen and oxygen atoms in total. The molecule has 76 valence electrons. The van der Waals surface area contributed by atoms with Gasteiger partial charge in [0.2, 0.25) is 0 Å². The maximum Gasteiger partial charge on any atom is 0.0231 e. The molecule has 1 heterocycles. The summed E-state index contributed by atoms with van der Waals surface area (Å²) in [5, 5.41) is 0. The van der Waals surface area contributed by atoms with Gasteiger partial charge in [-0.05, 0) is 40.9 Å². The smallest absolute Gasteiger partial charge is 0.0231 e. The van der Waals surface area contributed by atoms with Crippen LogP contribution in [0.4, 0.5) is 0 Å². The Kier molecular flexibility index (Phi) is 2.41. The van der Waals surface area contributed by atoms with E-state index in [1.165, 1.54) is 24.0 Å². The van der Waals surface area contributed by atoms with Crippen molar-refractivity contribution >= 4 is 11.8 Å². The van der Waals surface area contributed by atoms with Crippen LogP contribution in [-0.4, -0.2) is 0 Å². The van der Waals surface area contributed by atoms with Crippen molar-refractivity contribution < 1.29 is 0 Å². The summed E-state index contributed by atoms with van der Waals surface area (Å²) in [7, 11) is 0. The van der Waals surface area contributed by atoms with Crippen LogP contribution in [-0.2, 0) is 12.2 Å². The van der Waals surface area contributed by atoms with E-state index in [9.17, 15) is 0 Å². The molecule has 0 unspecified atom stereocenters. The SMILES string of the molecule is C1=CC2=C(CC1)SCc1ccccc1C2. The highest BCUT2D eigenvalue weighted by Gasteiger charge is 2.15. The molecular weight excluding hydrogens is 200 g/mol. The Hall–Kier alpha value is -0.950. The first-order chi connectivity index (χ1) is 7.43. The molecule has 15 heavy (non-hydrogen) atoms. The van der Waals surface area contributed by atoms with Crippen molar-refractivity contribution in [3.05, 3.63) is 58.0 Å². The van der Waals surface area contributed by atoms with E-state index < -0.39 is 0 Å². The van der Waals surface area contributed by atoms with E-state index in [0.29, 0.717) is 0 Å². The van der Waals surface area contributed by atoms with Gasteiger partial charge < -0.3 is 0 Å². The van der Waals surface area contributed by atoms with Crippen molar-refractivity contribution in [1.82, 2.24) is 0 Å². The zero-order valence-corrected chi connectivity index (χ0v) is 9.52. The number of allylic oxidation sites excluding steroid dienone is 4. The Bertz CT molecular complexity index is 440. The van der Waals surface area contributed by atoms with E-state index in [2.05, 4.69) is 36.4 Å². The van der Waals surface area contributed by atoms with Gasteiger partial charge in [0, 0.05) is 5.75 Å². The highest BCUT2D eigenvalue weighted by Crippen LogP contribution is 2.37. The Labute approximate surface area is 95.1 Å². The van der Waals surface area contributed by atoms with Crippen LogP contribution in [0.2, 0.25) is 0 Å². The van der Waals surface area contributed by atoms with Gasteiger partial charge in [0.15, 0.2) is 0 Å². The molecule has 0 fully saturated rings. The third kappa shape index (κ3) is 1.76. The first-order valence-electron chi connectivity index (χ1n) is 5.51. The number of hydrogen-bond acceptors (Lipinski definition) is 1. The van der Waals surface area contributed by atoms with Crippen molar-refractivity contribution in [3.8, 4) is 0 Å². The van der Waals surface area contributed by atoms with Crippen molar-refractivity contribution in [2.45, 2.75) is 25.0 Å². The average Bonchev–Trinajstić information content (AvgIpc) is 2.48. The van der Waals surface area contributed by atoms with Gasteiger partial charge in [0.25, 0.3) is 0 Å². The summed E-state index contributed by atoms with van der Waals surface area (Å²) in [4.78, 5) is 1.62. The monoisotopic (exact) mass is 214 g/mol. The van der Waals surface area contributed by atoms with Gasteiger partial charge >= 0.3 is 0 Å². The lowest BCUT2D eigenvalue weighted by atomic mass is 9.97. The van der Waals surface area contributed by atoms with Crippen molar-refractivity contribution in [1.29, 1.82) is 0 Å². The van der Waals surface area contributed by atoms with Crippen molar-refractivity contribution in [2.75, 3.05) is 0 Å². The Balaban J connectivity index is 2.01. The Morgan fingerprint density at radius 2 is 1.93 bits per heavy atom. The van der Waals surface area contributed by atoms with E-state index in [1.54, 1.807) is 10.5 Å². The van der Waals surface area contributed by atoms with Gasteiger partial charge in [-0.15, -0.1) is 11.8 Å². The lowest BCUT2D eigenvalue weighted by Gasteiger charge is -2.12.